The lowest BCUT2D eigenvalue weighted by Crippen LogP contribution is -2.63. The Balaban J connectivity index is 1.90. The number of carbonyl (C=O) groups is 1. The van der Waals surface area contributed by atoms with Crippen LogP contribution in [-0.4, -0.2) is 84.0 Å². The second-order valence-corrected chi connectivity index (χ2v) is 7.11. The minimum Gasteiger partial charge on any atom is -0.846 e. The van der Waals surface area contributed by atoms with Gasteiger partial charge >= 0.3 is 0 Å². The lowest BCUT2D eigenvalue weighted by molar-refractivity contribution is -0.235. The molecule has 0 aromatic rings. The van der Waals surface area contributed by atoms with Crippen molar-refractivity contribution in [2.45, 2.75) is 32.4 Å². The zero-order valence-electron chi connectivity index (χ0n) is 13.7. The summed E-state index contributed by atoms with van der Waals surface area (Å²) < 4.78 is 3.59. The van der Waals surface area contributed by atoms with E-state index in [1.54, 1.807) is 4.90 Å². The van der Waals surface area contributed by atoms with Gasteiger partial charge in [-0.25, -0.2) is 0 Å². The molecule has 2 saturated heterocycles. The highest BCUT2D eigenvalue weighted by molar-refractivity contribution is 7.15. The Bertz CT molecular complexity index is 429. The molecule has 2 heterocycles. The molecule has 126 valence electrons. The first-order valence-corrected chi connectivity index (χ1v) is 8.31. The highest BCUT2D eigenvalue weighted by Gasteiger charge is 2.34. The van der Waals surface area contributed by atoms with Crippen molar-refractivity contribution in [2.24, 2.45) is 4.76 Å². The van der Waals surface area contributed by atoms with E-state index >= 15 is 0 Å². The van der Waals surface area contributed by atoms with Crippen LogP contribution in [0.1, 0.15) is 20.8 Å². The number of carbonyl (C=O) groups excluding carboxylic acids is 1. The van der Waals surface area contributed by atoms with Gasteiger partial charge in [-0.15, -0.1) is 0 Å². The molecular formula is C14H27N5O2P-. The number of amidine groups is 1. The van der Waals surface area contributed by atoms with E-state index in [2.05, 4.69) is 45.1 Å². The monoisotopic (exact) mass is 328 g/mol. The molecule has 2 rings (SSSR count). The SMILES string of the molecule is CC(C)(C)N1CCNC(C(=O)N2CCN(/C([O-])=N/P)CC2)C1. The van der Waals surface area contributed by atoms with Crippen LogP contribution in [0, 0.1) is 0 Å². The van der Waals surface area contributed by atoms with Crippen LogP contribution in [0.25, 0.3) is 0 Å². The molecule has 0 saturated carbocycles. The van der Waals surface area contributed by atoms with E-state index in [4.69, 9.17) is 0 Å². The van der Waals surface area contributed by atoms with Crippen molar-refractivity contribution in [2.75, 3.05) is 45.8 Å². The summed E-state index contributed by atoms with van der Waals surface area (Å²) in [5.41, 5.74) is 0.0754. The number of hydrogen-bond acceptors (Lipinski definition) is 5. The van der Waals surface area contributed by atoms with Crippen LogP contribution in [-0.2, 0) is 4.79 Å². The highest BCUT2D eigenvalue weighted by atomic mass is 31.0. The summed E-state index contributed by atoms with van der Waals surface area (Å²) in [5.74, 6) is 0.142. The fourth-order valence-corrected chi connectivity index (χ4v) is 3.11. The van der Waals surface area contributed by atoms with Crippen LogP contribution >= 0.6 is 9.39 Å². The quantitative estimate of drug-likeness (QED) is 0.368. The fourth-order valence-electron chi connectivity index (χ4n) is 2.94. The molecule has 2 aliphatic rings. The fraction of sp³-hybridized carbons (Fsp3) is 0.857. The van der Waals surface area contributed by atoms with Gasteiger partial charge < -0.3 is 20.2 Å². The van der Waals surface area contributed by atoms with Crippen LogP contribution in [0.2, 0.25) is 0 Å². The molecule has 0 aromatic heterocycles. The zero-order chi connectivity index (χ0) is 16.3. The molecule has 0 aliphatic carbocycles. The van der Waals surface area contributed by atoms with E-state index in [1.165, 1.54) is 0 Å². The maximum absolute atomic E-state index is 12.7. The van der Waals surface area contributed by atoms with E-state index in [0.29, 0.717) is 26.2 Å². The molecule has 1 amide bonds. The van der Waals surface area contributed by atoms with E-state index in [9.17, 15) is 9.90 Å². The van der Waals surface area contributed by atoms with Gasteiger partial charge in [-0.05, 0) is 30.2 Å². The summed E-state index contributed by atoms with van der Waals surface area (Å²) in [5, 5.41) is 14.8. The molecule has 0 bridgehead atoms. The van der Waals surface area contributed by atoms with Crippen molar-refractivity contribution < 1.29 is 9.90 Å². The Morgan fingerprint density at radius 1 is 1.18 bits per heavy atom. The maximum atomic E-state index is 12.7. The molecule has 2 atom stereocenters. The van der Waals surface area contributed by atoms with Gasteiger partial charge in [0, 0.05) is 51.4 Å². The molecule has 22 heavy (non-hydrogen) atoms. The van der Waals surface area contributed by atoms with E-state index in [0.717, 1.165) is 19.6 Å². The molecule has 0 spiro atoms. The summed E-state index contributed by atoms with van der Waals surface area (Å²) >= 11 is 0. The topological polar surface area (TPSA) is 74.2 Å². The second kappa shape index (κ2) is 7.11. The molecule has 0 aromatic carbocycles. The van der Waals surface area contributed by atoms with Crippen molar-refractivity contribution >= 4 is 21.3 Å². The van der Waals surface area contributed by atoms with Gasteiger partial charge in [0.1, 0.15) is 0 Å². The van der Waals surface area contributed by atoms with Crippen molar-refractivity contribution in [3.8, 4) is 0 Å². The van der Waals surface area contributed by atoms with Gasteiger partial charge in [0.2, 0.25) is 5.91 Å². The average molecular weight is 328 g/mol. The predicted octanol–water partition coefficient (Wildman–Crippen LogP) is -1.29. The van der Waals surface area contributed by atoms with Gasteiger partial charge in [0.25, 0.3) is 0 Å². The summed E-state index contributed by atoms with van der Waals surface area (Å²) in [6.07, 6.45) is 0. The molecule has 7 nitrogen and oxygen atoms in total. The molecule has 2 unspecified atom stereocenters. The van der Waals surface area contributed by atoms with Gasteiger partial charge in [-0.1, -0.05) is 0 Å². The van der Waals surface area contributed by atoms with Crippen LogP contribution < -0.4 is 10.4 Å². The number of piperazine rings is 2. The second-order valence-electron chi connectivity index (χ2n) is 6.85. The van der Waals surface area contributed by atoms with Gasteiger partial charge in [0.15, 0.2) is 0 Å². The highest BCUT2D eigenvalue weighted by Crippen LogP contribution is 2.16. The minimum atomic E-state index is -0.230. The maximum Gasteiger partial charge on any atom is 0.241 e. The molecule has 2 fully saturated rings. The minimum absolute atomic E-state index is 0.0754. The summed E-state index contributed by atoms with van der Waals surface area (Å²) in [6, 6.07) is -0.381. The van der Waals surface area contributed by atoms with Crippen molar-refractivity contribution in [3.63, 3.8) is 0 Å². The third-order valence-electron chi connectivity index (χ3n) is 4.39. The zero-order valence-corrected chi connectivity index (χ0v) is 14.9. The van der Waals surface area contributed by atoms with E-state index in [-0.39, 0.29) is 23.5 Å². The summed E-state index contributed by atoms with van der Waals surface area (Å²) in [6.45, 7) is 11.3. The lowest BCUT2D eigenvalue weighted by atomic mass is 10.0. The smallest absolute Gasteiger partial charge is 0.241 e. The molecule has 8 heteroatoms. The van der Waals surface area contributed by atoms with E-state index in [1.807, 2.05) is 4.90 Å². The third-order valence-corrected chi connectivity index (χ3v) is 4.62. The van der Waals surface area contributed by atoms with Crippen molar-refractivity contribution in [3.05, 3.63) is 0 Å². The Morgan fingerprint density at radius 2 is 1.77 bits per heavy atom. The number of hydrogen-bond donors (Lipinski definition) is 1. The van der Waals surface area contributed by atoms with Crippen LogP contribution in [0.5, 0.6) is 0 Å². The Kier molecular flexibility index (Phi) is 5.64. The normalized spacial score (nSPS) is 25.5. The van der Waals surface area contributed by atoms with Crippen molar-refractivity contribution in [1.29, 1.82) is 0 Å². The van der Waals surface area contributed by atoms with Gasteiger partial charge in [-0.2, -0.15) is 0 Å². The summed E-state index contributed by atoms with van der Waals surface area (Å²) in [4.78, 5) is 18.6. The molecule has 1 N–H and O–H groups in total. The van der Waals surface area contributed by atoms with Crippen molar-refractivity contribution in [1.82, 2.24) is 20.0 Å². The number of rotatable bonds is 1. The average Bonchev–Trinajstić information content (AvgIpc) is 2.53. The first-order chi connectivity index (χ1) is 10.3. The lowest BCUT2D eigenvalue weighted by Gasteiger charge is -2.44. The van der Waals surface area contributed by atoms with E-state index < -0.39 is 0 Å². The van der Waals surface area contributed by atoms with Gasteiger partial charge in [0.05, 0.1) is 12.1 Å². The number of amides is 1. The molecular weight excluding hydrogens is 301 g/mol. The van der Waals surface area contributed by atoms with Gasteiger partial charge in [-0.3, -0.25) is 14.5 Å². The van der Waals surface area contributed by atoms with Crippen LogP contribution in [0.15, 0.2) is 4.76 Å². The Morgan fingerprint density at radius 3 is 2.32 bits per heavy atom. The number of nitrogens with zero attached hydrogens (tertiary/aromatic N) is 4. The summed E-state index contributed by atoms with van der Waals surface area (Å²) in [7, 11) is 2.09. The molecule has 0 radical (unpaired) electrons. The first-order valence-electron chi connectivity index (χ1n) is 7.80. The standard InChI is InChI=1S/C14H28N5O2P/c1-14(2,3)19-5-4-15-11(10-19)12(20)17-6-8-18(9-7-17)13(21)16-22/h11,15H,4-10,22H2,1-3H3,(H,16,21)/p-1. The third kappa shape index (κ3) is 4.09. The largest absolute Gasteiger partial charge is 0.846 e. The Labute approximate surface area is 135 Å². The predicted molar refractivity (Wildman–Crippen MR) is 88.4 cm³/mol. The first kappa shape index (κ1) is 17.4. The number of nitrogens with one attached hydrogen (secondary N) is 1. The van der Waals surface area contributed by atoms with Crippen LogP contribution in [0.4, 0.5) is 0 Å². The molecule has 2 aliphatic heterocycles. The Hall–Kier alpha value is -0.910. The van der Waals surface area contributed by atoms with Crippen LogP contribution in [0.3, 0.4) is 0 Å².